The highest BCUT2D eigenvalue weighted by atomic mass is 35.5. The van der Waals surface area contributed by atoms with Gasteiger partial charge in [0.05, 0.1) is 12.1 Å². The highest BCUT2D eigenvalue weighted by Crippen LogP contribution is 2.29. The van der Waals surface area contributed by atoms with Crippen LogP contribution in [0.1, 0.15) is 5.56 Å². The molecule has 0 bridgehead atoms. The van der Waals surface area contributed by atoms with Crippen molar-refractivity contribution in [3.05, 3.63) is 59.2 Å². The summed E-state index contributed by atoms with van der Waals surface area (Å²) in [7, 11) is 3.76. The first-order valence-electron chi connectivity index (χ1n) is 10.3. The average molecular weight is 439 g/mol. The fraction of sp³-hybridized carbons (Fsp3) is 0.304. The van der Waals surface area contributed by atoms with E-state index in [0.717, 1.165) is 48.9 Å². The average Bonchev–Trinajstić information content (AvgIpc) is 2.78. The molecule has 0 saturated carbocycles. The number of anilines is 5. The van der Waals surface area contributed by atoms with Gasteiger partial charge in [0.25, 0.3) is 0 Å². The number of methoxy groups -OCH3 is 1. The van der Waals surface area contributed by atoms with E-state index in [-0.39, 0.29) is 0 Å². The van der Waals surface area contributed by atoms with Gasteiger partial charge in [-0.25, -0.2) is 4.98 Å². The van der Waals surface area contributed by atoms with E-state index in [0.29, 0.717) is 16.7 Å². The van der Waals surface area contributed by atoms with Crippen LogP contribution < -0.4 is 20.3 Å². The number of hydrogen-bond acceptors (Lipinski definition) is 7. The molecule has 8 heteroatoms. The number of nitrogens with zero attached hydrogens (tertiary/aromatic N) is 4. The topological polar surface area (TPSA) is 65.6 Å². The largest absolute Gasteiger partial charge is 0.495 e. The predicted octanol–water partition coefficient (Wildman–Crippen LogP) is 4.69. The molecule has 0 unspecified atom stereocenters. The standard InChI is InChI=1S/C23H27ClN6O/c1-16-15-25-23(28-22(16)26-18-6-9-20(24)21(14-18)31-3)27-17-4-7-19(8-5-17)30-12-10-29(2)11-13-30/h4-9,14-15H,10-13H2,1-3H3,(H2,25,26,27,28). The summed E-state index contributed by atoms with van der Waals surface area (Å²) in [6, 6.07) is 13.9. The maximum atomic E-state index is 6.12. The first-order valence-corrected chi connectivity index (χ1v) is 10.6. The molecule has 1 saturated heterocycles. The Morgan fingerprint density at radius 2 is 1.68 bits per heavy atom. The molecule has 7 nitrogen and oxygen atoms in total. The van der Waals surface area contributed by atoms with Crippen LogP contribution >= 0.6 is 11.6 Å². The highest BCUT2D eigenvalue weighted by Gasteiger charge is 2.14. The second-order valence-corrected chi connectivity index (χ2v) is 8.07. The Morgan fingerprint density at radius 1 is 0.968 bits per heavy atom. The summed E-state index contributed by atoms with van der Waals surface area (Å²) in [6.45, 7) is 6.24. The van der Waals surface area contributed by atoms with Crippen LogP contribution in [0.3, 0.4) is 0 Å². The van der Waals surface area contributed by atoms with Crippen molar-refractivity contribution < 1.29 is 4.74 Å². The highest BCUT2D eigenvalue weighted by molar-refractivity contribution is 6.32. The third-order valence-corrected chi connectivity index (χ3v) is 5.69. The van der Waals surface area contributed by atoms with Crippen LogP contribution in [0.5, 0.6) is 5.75 Å². The molecule has 0 atom stereocenters. The third-order valence-electron chi connectivity index (χ3n) is 5.38. The summed E-state index contributed by atoms with van der Waals surface area (Å²) < 4.78 is 5.29. The van der Waals surface area contributed by atoms with Crippen molar-refractivity contribution in [1.29, 1.82) is 0 Å². The van der Waals surface area contributed by atoms with Gasteiger partial charge in [-0.1, -0.05) is 11.6 Å². The van der Waals surface area contributed by atoms with E-state index in [4.69, 9.17) is 16.3 Å². The Labute approximate surface area is 188 Å². The molecule has 2 aromatic carbocycles. The number of hydrogen-bond donors (Lipinski definition) is 2. The van der Waals surface area contributed by atoms with Crippen LogP contribution in [0.2, 0.25) is 5.02 Å². The molecule has 1 aromatic heterocycles. The van der Waals surface area contributed by atoms with E-state index in [1.54, 1.807) is 19.4 Å². The molecule has 162 valence electrons. The van der Waals surface area contributed by atoms with Crippen LogP contribution in [0.4, 0.5) is 28.8 Å². The molecule has 2 heterocycles. The van der Waals surface area contributed by atoms with Crippen molar-refractivity contribution in [2.45, 2.75) is 6.92 Å². The minimum atomic E-state index is 0.529. The van der Waals surface area contributed by atoms with E-state index in [1.807, 2.05) is 19.1 Å². The van der Waals surface area contributed by atoms with Crippen LogP contribution in [0.15, 0.2) is 48.7 Å². The molecule has 0 radical (unpaired) electrons. The Bertz CT molecular complexity index is 1030. The quantitative estimate of drug-likeness (QED) is 0.578. The molecule has 2 N–H and O–H groups in total. The number of benzene rings is 2. The number of halogens is 1. The Kier molecular flexibility index (Phi) is 6.44. The van der Waals surface area contributed by atoms with E-state index < -0.39 is 0 Å². The minimum Gasteiger partial charge on any atom is -0.495 e. The Balaban J connectivity index is 1.46. The zero-order chi connectivity index (χ0) is 21.8. The molecular weight excluding hydrogens is 412 g/mol. The van der Waals surface area contributed by atoms with E-state index >= 15 is 0 Å². The van der Waals surface area contributed by atoms with Crippen LogP contribution in [0, 0.1) is 6.92 Å². The van der Waals surface area contributed by atoms with Gasteiger partial charge in [0.15, 0.2) is 0 Å². The second-order valence-electron chi connectivity index (χ2n) is 7.66. The number of aromatic nitrogens is 2. The molecule has 1 aliphatic heterocycles. The monoisotopic (exact) mass is 438 g/mol. The van der Waals surface area contributed by atoms with Gasteiger partial charge in [0, 0.05) is 61.1 Å². The smallest absolute Gasteiger partial charge is 0.229 e. The third kappa shape index (κ3) is 5.18. The van der Waals surface area contributed by atoms with Crippen molar-refractivity contribution in [2.24, 2.45) is 0 Å². The lowest BCUT2D eigenvalue weighted by atomic mass is 10.2. The van der Waals surface area contributed by atoms with Crippen LogP contribution in [0.25, 0.3) is 0 Å². The molecule has 0 spiro atoms. The number of aryl methyl sites for hydroxylation is 1. The predicted molar refractivity (Wildman–Crippen MR) is 127 cm³/mol. The van der Waals surface area contributed by atoms with Gasteiger partial charge in [-0.15, -0.1) is 0 Å². The fourth-order valence-corrected chi connectivity index (χ4v) is 3.65. The molecule has 3 aromatic rings. The molecule has 31 heavy (non-hydrogen) atoms. The van der Waals surface area contributed by atoms with Gasteiger partial charge in [-0.2, -0.15) is 4.98 Å². The SMILES string of the molecule is COc1cc(Nc2nc(Nc3ccc(N4CCN(C)CC4)cc3)ncc2C)ccc1Cl. The van der Waals surface area contributed by atoms with Crippen LogP contribution in [-0.2, 0) is 0 Å². The molecule has 0 aliphatic carbocycles. The molecule has 0 amide bonds. The normalized spacial score (nSPS) is 14.4. The zero-order valence-electron chi connectivity index (χ0n) is 18.0. The van der Waals surface area contributed by atoms with Gasteiger partial charge in [0.1, 0.15) is 11.6 Å². The zero-order valence-corrected chi connectivity index (χ0v) is 18.8. The van der Waals surface area contributed by atoms with Gasteiger partial charge in [0.2, 0.25) is 5.95 Å². The number of piperazine rings is 1. The van der Waals surface area contributed by atoms with Crippen molar-refractivity contribution in [3.63, 3.8) is 0 Å². The van der Waals surface area contributed by atoms with Crippen molar-refractivity contribution in [2.75, 3.05) is 55.9 Å². The summed E-state index contributed by atoms with van der Waals surface area (Å²) in [5.41, 5.74) is 3.96. The lowest BCUT2D eigenvalue weighted by molar-refractivity contribution is 0.313. The van der Waals surface area contributed by atoms with E-state index in [2.05, 4.69) is 61.7 Å². The van der Waals surface area contributed by atoms with Gasteiger partial charge in [-0.3, -0.25) is 0 Å². The van der Waals surface area contributed by atoms with E-state index in [9.17, 15) is 0 Å². The molecular formula is C23H27ClN6O. The van der Waals surface area contributed by atoms with E-state index in [1.165, 1.54) is 5.69 Å². The number of nitrogens with one attached hydrogen (secondary N) is 2. The summed E-state index contributed by atoms with van der Waals surface area (Å²) in [6.07, 6.45) is 1.80. The number of rotatable bonds is 6. The summed E-state index contributed by atoms with van der Waals surface area (Å²) >= 11 is 6.12. The minimum absolute atomic E-state index is 0.529. The van der Waals surface area contributed by atoms with Crippen molar-refractivity contribution >= 4 is 40.4 Å². The molecule has 1 aliphatic rings. The van der Waals surface area contributed by atoms with Gasteiger partial charge >= 0.3 is 0 Å². The lowest BCUT2D eigenvalue weighted by Gasteiger charge is -2.34. The van der Waals surface area contributed by atoms with Gasteiger partial charge in [-0.05, 0) is 50.4 Å². The maximum absolute atomic E-state index is 6.12. The number of ether oxygens (including phenoxy) is 1. The number of likely N-dealkylation sites (N-methyl/N-ethyl adjacent to an activating group) is 1. The fourth-order valence-electron chi connectivity index (χ4n) is 3.45. The van der Waals surface area contributed by atoms with Crippen molar-refractivity contribution in [3.8, 4) is 5.75 Å². The molecule has 4 rings (SSSR count). The lowest BCUT2D eigenvalue weighted by Crippen LogP contribution is -2.44. The Hall–Kier alpha value is -3.03. The summed E-state index contributed by atoms with van der Waals surface area (Å²) in [4.78, 5) is 13.8. The van der Waals surface area contributed by atoms with Crippen LogP contribution in [-0.4, -0.2) is 55.2 Å². The summed E-state index contributed by atoms with van der Waals surface area (Å²) in [5.74, 6) is 1.86. The maximum Gasteiger partial charge on any atom is 0.229 e. The van der Waals surface area contributed by atoms with Gasteiger partial charge < -0.3 is 25.2 Å². The molecule has 1 fully saturated rings. The first kappa shape index (κ1) is 21.2. The Morgan fingerprint density at radius 3 is 2.39 bits per heavy atom. The first-order chi connectivity index (χ1) is 15.0. The second kappa shape index (κ2) is 9.41. The summed E-state index contributed by atoms with van der Waals surface area (Å²) in [5, 5.41) is 7.17. The van der Waals surface area contributed by atoms with Crippen molar-refractivity contribution in [1.82, 2.24) is 14.9 Å².